The van der Waals surface area contributed by atoms with Gasteiger partial charge >= 0.3 is 6.09 Å². The molecule has 1 aliphatic rings. The minimum absolute atomic E-state index is 0.100. The number of nitrogens with one attached hydrogen (secondary N) is 2. The van der Waals surface area contributed by atoms with Crippen LogP contribution in [0.1, 0.15) is 68.0 Å². The van der Waals surface area contributed by atoms with Crippen LogP contribution in [0.3, 0.4) is 0 Å². The fraction of sp³-hybridized carbons (Fsp3) is 0.400. The Bertz CT molecular complexity index is 1460. The van der Waals surface area contributed by atoms with E-state index in [4.69, 9.17) is 4.74 Å². The van der Waals surface area contributed by atoms with E-state index in [1.165, 1.54) is 0 Å². The summed E-state index contributed by atoms with van der Waals surface area (Å²) in [5.74, 6) is -0.415. The molecule has 8 nitrogen and oxygen atoms in total. The van der Waals surface area contributed by atoms with Crippen LogP contribution in [0.4, 0.5) is 10.5 Å². The number of hydrogen-bond acceptors (Lipinski definition) is 5. The predicted molar refractivity (Wildman–Crippen MR) is 168 cm³/mol. The Morgan fingerprint density at radius 3 is 2.07 bits per heavy atom. The van der Waals surface area contributed by atoms with Gasteiger partial charge in [-0.2, -0.15) is 0 Å². The van der Waals surface area contributed by atoms with Gasteiger partial charge in [0.2, 0.25) is 5.91 Å². The second-order valence-corrected chi connectivity index (χ2v) is 12.6. The van der Waals surface area contributed by atoms with Crippen molar-refractivity contribution in [2.75, 3.05) is 5.32 Å². The molecule has 0 bridgehead atoms. The lowest BCUT2D eigenvalue weighted by Gasteiger charge is -2.36. The summed E-state index contributed by atoms with van der Waals surface area (Å²) in [4.78, 5) is 43.8. The molecule has 1 aliphatic carbocycles. The number of hydrogen-bond donors (Lipinski definition) is 3. The van der Waals surface area contributed by atoms with Crippen LogP contribution in [-0.2, 0) is 20.7 Å². The first-order valence-electron chi connectivity index (χ1n) is 14.8. The lowest BCUT2D eigenvalue weighted by atomic mass is 9.92. The van der Waals surface area contributed by atoms with Crippen LogP contribution in [0.15, 0.2) is 66.7 Å². The maximum Gasteiger partial charge on any atom is 0.408 e. The van der Waals surface area contributed by atoms with E-state index >= 15 is 0 Å². The molecule has 0 radical (unpaired) electrons. The molecule has 3 amide bonds. The fourth-order valence-electron chi connectivity index (χ4n) is 5.44. The van der Waals surface area contributed by atoms with E-state index in [0.29, 0.717) is 5.69 Å². The van der Waals surface area contributed by atoms with Gasteiger partial charge in [0.25, 0.3) is 5.91 Å². The predicted octanol–water partition coefficient (Wildman–Crippen LogP) is 6.37. The van der Waals surface area contributed by atoms with Gasteiger partial charge in [-0.15, -0.1) is 0 Å². The Hall–Kier alpha value is -4.33. The number of ether oxygens (including phenoxy) is 1. The number of alkyl carbamates (subject to hydrolysis) is 1. The maximum absolute atomic E-state index is 14.7. The van der Waals surface area contributed by atoms with Gasteiger partial charge in [0.05, 0.1) is 0 Å². The molecule has 0 saturated heterocycles. The molecule has 0 spiro atoms. The molecule has 228 valence electrons. The number of carbonyl (C=O) groups excluding carboxylic acids is 3. The Kier molecular flexibility index (Phi) is 9.48. The third kappa shape index (κ3) is 7.95. The molecule has 1 fully saturated rings. The highest BCUT2D eigenvalue weighted by molar-refractivity contribution is 6.00. The molecular weight excluding hydrogens is 542 g/mol. The molecule has 4 unspecified atom stereocenters. The number of phenols is 1. The van der Waals surface area contributed by atoms with E-state index in [-0.39, 0.29) is 35.9 Å². The van der Waals surface area contributed by atoms with Crippen molar-refractivity contribution in [3.8, 4) is 5.75 Å². The number of rotatable bonds is 9. The number of aromatic hydroxyl groups is 1. The lowest BCUT2D eigenvalue weighted by molar-refractivity contribution is -0.141. The maximum atomic E-state index is 14.7. The van der Waals surface area contributed by atoms with Crippen LogP contribution in [0.2, 0.25) is 0 Å². The zero-order valence-electron chi connectivity index (χ0n) is 26.1. The standard InChI is InChI=1S/C35H43N3O5/c1-21-11-8-9-14-27(21)36-32(40)31(30-22(2)12-10-13-23(30)3)38(29-19-24(29)4)33(41)28(37-34(42)43-35(5,6)7)20-25-15-17-26(39)18-16-25/h8-18,24,28-29,31,39H,19-20H2,1-7H3,(H,36,40)(H,37,42). The molecule has 43 heavy (non-hydrogen) atoms. The molecule has 0 heterocycles. The van der Waals surface area contributed by atoms with E-state index < -0.39 is 23.8 Å². The molecule has 1 saturated carbocycles. The number of aryl methyl sites for hydroxylation is 3. The largest absolute Gasteiger partial charge is 0.508 e. The van der Waals surface area contributed by atoms with Gasteiger partial charge in [-0.3, -0.25) is 9.59 Å². The van der Waals surface area contributed by atoms with Crippen molar-refractivity contribution >= 4 is 23.6 Å². The van der Waals surface area contributed by atoms with Crippen LogP contribution in [-0.4, -0.2) is 45.6 Å². The summed E-state index contributed by atoms with van der Waals surface area (Å²) in [6.45, 7) is 13.2. The van der Waals surface area contributed by atoms with Crippen LogP contribution in [0.5, 0.6) is 5.75 Å². The van der Waals surface area contributed by atoms with E-state index in [0.717, 1.165) is 34.2 Å². The Balaban J connectivity index is 1.80. The minimum Gasteiger partial charge on any atom is -0.508 e. The van der Waals surface area contributed by atoms with Gasteiger partial charge in [-0.05, 0) is 99.9 Å². The molecule has 3 aromatic carbocycles. The topological polar surface area (TPSA) is 108 Å². The Labute approximate surface area is 254 Å². The summed E-state index contributed by atoms with van der Waals surface area (Å²) >= 11 is 0. The molecule has 0 aromatic heterocycles. The van der Waals surface area contributed by atoms with Crippen molar-refractivity contribution < 1.29 is 24.2 Å². The second-order valence-electron chi connectivity index (χ2n) is 12.6. The van der Waals surface area contributed by atoms with Crippen molar-refractivity contribution in [1.29, 1.82) is 0 Å². The van der Waals surface area contributed by atoms with Gasteiger partial charge in [-0.1, -0.05) is 55.5 Å². The van der Waals surface area contributed by atoms with Crippen molar-refractivity contribution in [3.05, 3.63) is 94.5 Å². The number of phenolic OH excluding ortho intramolecular Hbond substituents is 1. The van der Waals surface area contributed by atoms with Crippen LogP contribution >= 0.6 is 0 Å². The zero-order chi connectivity index (χ0) is 31.5. The average molecular weight is 586 g/mol. The van der Waals surface area contributed by atoms with Crippen molar-refractivity contribution in [2.45, 2.75) is 85.0 Å². The Morgan fingerprint density at radius 2 is 1.51 bits per heavy atom. The van der Waals surface area contributed by atoms with Gasteiger partial charge in [0.1, 0.15) is 23.4 Å². The average Bonchev–Trinajstić information content (AvgIpc) is 3.64. The van der Waals surface area contributed by atoms with E-state index in [9.17, 15) is 19.5 Å². The summed E-state index contributed by atoms with van der Waals surface area (Å²) < 4.78 is 5.54. The SMILES string of the molecule is Cc1ccccc1NC(=O)C(c1c(C)cccc1C)N(C(=O)C(Cc1ccc(O)cc1)NC(=O)OC(C)(C)C)C1CC1C. The van der Waals surface area contributed by atoms with Gasteiger partial charge in [0.15, 0.2) is 0 Å². The minimum atomic E-state index is -1.02. The fourth-order valence-corrected chi connectivity index (χ4v) is 5.44. The lowest BCUT2D eigenvalue weighted by Crippen LogP contribution is -2.54. The third-order valence-corrected chi connectivity index (χ3v) is 7.79. The smallest absolute Gasteiger partial charge is 0.408 e. The van der Waals surface area contributed by atoms with Gasteiger partial charge < -0.3 is 25.4 Å². The quantitative estimate of drug-likeness (QED) is 0.271. The highest BCUT2D eigenvalue weighted by Gasteiger charge is 2.49. The molecule has 4 rings (SSSR count). The van der Waals surface area contributed by atoms with E-state index in [2.05, 4.69) is 17.6 Å². The normalized spacial score (nSPS) is 17.4. The van der Waals surface area contributed by atoms with Crippen molar-refractivity contribution in [1.82, 2.24) is 10.2 Å². The first-order chi connectivity index (χ1) is 20.2. The number of amides is 3. The first-order valence-corrected chi connectivity index (χ1v) is 14.8. The highest BCUT2D eigenvalue weighted by Crippen LogP contribution is 2.42. The van der Waals surface area contributed by atoms with Gasteiger partial charge in [-0.25, -0.2) is 4.79 Å². The number of carbonyl (C=O) groups is 3. The van der Waals surface area contributed by atoms with Crippen LogP contribution < -0.4 is 10.6 Å². The van der Waals surface area contributed by atoms with Crippen LogP contribution in [0.25, 0.3) is 0 Å². The Morgan fingerprint density at radius 1 is 0.930 bits per heavy atom. The number of anilines is 1. The molecule has 3 N–H and O–H groups in total. The second kappa shape index (κ2) is 12.9. The molecule has 3 aromatic rings. The van der Waals surface area contributed by atoms with Crippen molar-refractivity contribution in [3.63, 3.8) is 0 Å². The number of benzene rings is 3. The number of para-hydroxylation sites is 1. The summed E-state index contributed by atoms with van der Waals surface area (Å²) in [5.41, 5.74) is 4.11. The highest BCUT2D eigenvalue weighted by atomic mass is 16.6. The first kappa shape index (κ1) is 31.6. The monoisotopic (exact) mass is 585 g/mol. The molecular formula is C35H43N3O5. The van der Waals surface area contributed by atoms with E-state index in [1.807, 2.05) is 63.2 Å². The number of nitrogens with zero attached hydrogens (tertiary/aromatic N) is 1. The third-order valence-electron chi connectivity index (χ3n) is 7.79. The van der Waals surface area contributed by atoms with E-state index in [1.54, 1.807) is 49.9 Å². The van der Waals surface area contributed by atoms with Crippen LogP contribution in [0, 0.1) is 26.7 Å². The molecule has 4 atom stereocenters. The molecule has 8 heteroatoms. The van der Waals surface area contributed by atoms with Gasteiger partial charge in [0, 0.05) is 18.2 Å². The summed E-state index contributed by atoms with van der Waals surface area (Å²) in [6.07, 6.45) is 0.166. The summed E-state index contributed by atoms with van der Waals surface area (Å²) in [6, 6.07) is 17.7. The molecule has 0 aliphatic heterocycles. The summed E-state index contributed by atoms with van der Waals surface area (Å²) in [5, 5.41) is 15.7. The van der Waals surface area contributed by atoms with Crippen molar-refractivity contribution in [2.24, 2.45) is 5.92 Å². The summed E-state index contributed by atoms with van der Waals surface area (Å²) in [7, 11) is 0. The zero-order valence-corrected chi connectivity index (χ0v) is 26.1.